The van der Waals surface area contributed by atoms with Gasteiger partial charge < -0.3 is 9.67 Å². The zero-order valence-corrected chi connectivity index (χ0v) is 7.45. The first-order chi connectivity index (χ1) is 6.20. The molecule has 0 bridgehead atoms. The van der Waals surface area contributed by atoms with Crippen molar-refractivity contribution in [2.24, 2.45) is 0 Å². The zero-order chi connectivity index (χ0) is 9.42. The van der Waals surface area contributed by atoms with Gasteiger partial charge in [-0.05, 0) is 0 Å². The number of carboxylic acid groups (broad SMARTS) is 1. The summed E-state index contributed by atoms with van der Waals surface area (Å²) in [6.07, 6.45) is 1.47. The molecule has 0 amide bonds. The Morgan fingerprint density at radius 1 is 1.85 bits per heavy atom. The fourth-order valence-electron chi connectivity index (χ4n) is 1.43. The number of hydrogen-bond acceptors (Lipinski definition) is 3. The SMILES string of the molecule is O=C(O)C1NCCn2c(Cl)cnc21. The molecular formula is C7H8ClN3O2. The van der Waals surface area contributed by atoms with Gasteiger partial charge in [0.1, 0.15) is 11.0 Å². The molecule has 2 rings (SSSR count). The standard InChI is InChI=1S/C7H8ClN3O2/c8-4-3-10-6-5(7(12)13)9-1-2-11(4)6/h3,5,9H,1-2H2,(H,12,13). The number of halogens is 1. The maximum Gasteiger partial charge on any atom is 0.328 e. The summed E-state index contributed by atoms with van der Waals surface area (Å²) >= 11 is 5.81. The van der Waals surface area contributed by atoms with Crippen LogP contribution in [0.4, 0.5) is 0 Å². The van der Waals surface area contributed by atoms with E-state index in [9.17, 15) is 4.79 Å². The average Bonchev–Trinajstić information content (AvgIpc) is 2.48. The number of aliphatic carboxylic acids is 1. The van der Waals surface area contributed by atoms with Crippen molar-refractivity contribution in [2.45, 2.75) is 12.6 Å². The number of fused-ring (bicyclic) bond motifs is 1. The van der Waals surface area contributed by atoms with E-state index in [0.717, 1.165) is 0 Å². The minimum atomic E-state index is -0.928. The van der Waals surface area contributed by atoms with Crippen LogP contribution in [0.1, 0.15) is 11.9 Å². The number of rotatable bonds is 1. The molecule has 0 saturated carbocycles. The molecule has 0 spiro atoms. The highest BCUT2D eigenvalue weighted by atomic mass is 35.5. The lowest BCUT2D eigenvalue weighted by molar-refractivity contribution is -0.140. The Bertz CT molecular complexity index is 350. The lowest BCUT2D eigenvalue weighted by Crippen LogP contribution is -2.38. The van der Waals surface area contributed by atoms with Crippen molar-refractivity contribution >= 4 is 17.6 Å². The highest BCUT2D eigenvalue weighted by Crippen LogP contribution is 2.20. The molecule has 0 fully saturated rings. The Kier molecular flexibility index (Phi) is 1.97. The van der Waals surface area contributed by atoms with Gasteiger partial charge >= 0.3 is 5.97 Å². The smallest absolute Gasteiger partial charge is 0.328 e. The van der Waals surface area contributed by atoms with E-state index in [1.54, 1.807) is 4.57 Å². The van der Waals surface area contributed by atoms with Crippen LogP contribution in [0, 0.1) is 0 Å². The third-order valence-electron chi connectivity index (χ3n) is 2.03. The van der Waals surface area contributed by atoms with Crippen LogP contribution in [0.25, 0.3) is 0 Å². The van der Waals surface area contributed by atoms with Gasteiger partial charge in [0.2, 0.25) is 0 Å². The van der Waals surface area contributed by atoms with Crippen LogP contribution in [0.15, 0.2) is 6.20 Å². The van der Waals surface area contributed by atoms with E-state index in [1.807, 2.05) is 0 Å². The van der Waals surface area contributed by atoms with E-state index in [-0.39, 0.29) is 0 Å². The molecule has 2 heterocycles. The summed E-state index contributed by atoms with van der Waals surface area (Å²) in [6.45, 7) is 1.26. The third-order valence-corrected chi connectivity index (χ3v) is 2.33. The topological polar surface area (TPSA) is 67.2 Å². The van der Waals surface area contributed by atoms with Crippen LogP contribution in [0.2, 0.25) is 5.15 Å². The van der Waals surface area contributed by atoms with Gasteiger partial charge in [-0.2, -0.15) is 0 Å². The van der Waals surface area contributed by atoms with Crippen molar-refractivity contribution in [3.63, 3.8) is 0 Å². The predicted molar refractivity (Wildman–Crippen MR) is 45.6 cm³/mol. The van der Waals surface area contributed by atoms with E-state index in [1.165, 1.54) is 6.20 Å². The molecule has 13 heavy (non-hydrogen) atoms. The number of nitrogens with one attached hydrogen (secondary N) is 1. The quantitative estimate of drug-likeness (QED) is 0.684. The molecule has 1 aliphatic heterocycles. The second kappa shape index (κ2) is 3.01. The number of nitrogens with zero attached hydrogens (tertiary/aromatic N) is 2. The van der Waals surface area contributed by atoms with Gasteiger partial charge in [-0.1, -0.05) is 11.6 Å². The van der Waals surface area contributed by atoms with Gasteiger partial charge in [0.05, 0.1) is 6.20 Å². The number of hydrogen-bond donors (Lipinski definition) is 2. The van der Waals surface area contributed by atoms with Gasteiger partial charge in [-0.3, -0.25) is 10.1 Å². The molecule has 0 aliphatic carbocycles. The van der Waals surface area contributed by atoms with Gasteiger partial charge in [-0.25, -0.2) is 4.98 Å². The molecule has 1 aliphatic rings. The Hall–Kier alpha value is -1.07. The number of imidazole rings is 1. The summed E-state index contributed by atoms with van der Waals surface area (Å²) in [5, 5.41) is 12.2. The first kappa shape index (κ1) is 8.52. The minimum absolute atomic E-state index is 0.476. The van der Waals surface area contributed by atoms with Crippen molar-refractivity contribution in [3.8, 4) is 0 Å². The van der Waals surface area contributed by atoms with Crippen LogP contribution >= 0.6 is 11.6 Å². The van der Waals surface area contributed by atoms with Gasteiger partial charge in [0, 0.05) is 13.1 Å². The highest BCUT2D eigenvalue weighted by Gasteiger charge is 2.28. The fourth-order valence-corrected chi connectivity index (χ4v) is 1.65. The molecule has 1 atom stereocenters. The summed E-state index contributed by atoms with van der Waals surface area (Å²) in [6, 6.07) is -0.735. The molecule has 1 aromatic rings. The lowest BCUT2D eigenvalue weighted by atomic mass is 10.2. The number of carboxylic acids is 1. The van der Waals surface area contributed by atoms with Crippen LogP contribution in [-0.4, -0.2) is 27.2 Å². The molecule has 6 heteroatoms. The molecule has 5 nitrogen and oxygen atoms in total. The number of aromatic nitrogens is 2. The van der Waals surface area contributed by atoms with Gasteiger partial charge in [-0.15, -0.1) is 0 Å². The van der Waals surface area contributed by atoms with E-state index in [4.69, 9.17) is 16.7 Å². The van der Waals surface area contributed by atoms with Crippen molar-refractivity contribution in [1.29, 1.82) is 0 Å². The number of carbonyl (C=O) groups is 1. The minimum Gasteiger partial charge on any atom is -0.480 e. The Balaban J connectivity index is 2.43. The second-order valence-electron chi connectivity index (χ2n) is 2.82. The largest absolute Gasteiger partial charge is 0.480 e. The molecule has 70 valence electrons. The summed E-state index contributed by atoms with van der Waals surface area (Å²) in [5.74, 6) is -0.452. The van der Waals surface area contributed by atoms with Crippen LogP contribution in [0.5, 0.6) is 0 Å². The first-order valence-electron chi connectivity index (χ1n) is 3.87. The van der Waals surface area contributed by atoms with Crippen LogP contribution in [-0.2, 0) is 11.3 Å². The fraction of sp³-hybridized carbons (Fsp3) is 0.429. The maximum absolute atomic E-state index is 10.8. The average molecular weight is 202 g/mol. The van der Waals surface area contributed by atoms with Crippen LogP contribution < -0.4 is 5.32 Å². The Morgan fingerprint density at radius 3 is 3.31 bits per heavy atom. The highest BCUT2D eigenvalue weighted by molar-refractivity contribution is 6.29. The summed E-state index contributed by atoms with van der Waals surface area (Å²) in [4.78, 5) is 14.7. The van der Waals surface area contributed by atoms with E-state index in [2.05, 4.69) is 10.3 Å². The summed E-state index contributed by atoms with van der Waals surface area (Å²) in [7, 11) is 0. The lowest BCUT2D eigenvalue weighted by Gasteiger charge is -2.21. The maximum atomic E-state index is 10.8. The molecule has 1 aromatic heterocycles. The Morgan fingerprint density at radius 2 is 2.62 bits per heavy atom. The molecule has 1 unspecified atom stereocenters. The second-order valence-corrected chi connectivity index (χ2v) is 3.20. The summed E-state index contributed by atoms with van der Waals surface area (Å²) < 4.78 is 1.71. The van der Waals surface area contributed by atoms with Crippen molar-refractivity contribution < 1.29 is 9.90 Å². The van der Waals surface area contributed by atoms with Gasteiger partial charge in [0.25, 0.3) is 0 Å². The zero-order valence-electron chi connectivity index (χ0n) is 6.70. The molecular weight excluding hydrogens is 194 g/mol. The first-order valence-corrected chi connectivity index (χ1v) is 4.25. The third kappa shape index (κ3) is 1.30. The van der Waals surface area contributed by atoms with Gasteiger partial charge in [0.15, 0.2) is 6.04 Å². The van der Waals surface area contributed by atoms with Crippen molar-refractivity contribution in [2.75, 3.05) is 6.54 Å². The van der Waals surface area contributed by atoms with Crippen molar-refractivity contribution in [1.82, 2.24) is 14.9 Å². The molecule has 2 N–H and O–H groups in total. The molecule has 0 saturated heterocycles. The normalized spacial score (nSPS) is 21.2. The van der Waals surface area contributed by atoms with Crippen LogP contribution in [0.3, 0.4) is 0 Å². The Labute approximate surface area is 79.3 Å². The van der Waals surface area contributed by atoms with Crippen molar-refractivity contribution in [3.05, 3.63) is 17.2 Å². The monoisotopic (exact) mass is 201 g/mol. The predicted octanol–water partition coefficient (Wildman–Crippen LogP) is 0.265. The van der Waals surface area contributed by atoms with E-state index < -0.39 is 12.0 Å². The molecule has 0 aromatic carbocycles. The van der Waals surface area contributed by atoms with E-state index >= 15 is 0 Å². The summed E-state index contributed by atoms with van der Waals surface area (Å²) in [5.41, 5.74) is 0. The molecule has 0 radical (unpaired) electrons. The van der Waals surface area contributed by atoms with E-state index in [0.29, 0.717) is 24.1 Å².